The number of nitrogens with zero attached hydrogens (tertiary/aromatic N) is 1. The van der Waals surface area contributed by atoms with E-state index in [-0.39, 0.29) is 11.4 Å². The Morgan fingerprint density at radius 1 is 0.880 bits per heavy atom. The molecule has 4 rings (SSSR count). The highest BCUT2D eigenvalue weighted by atomic mass is 19.1. The van der Waals surface area contributed by atoms with Crippen molar-refractivity contribution in [2.45, 2.75) is 0 Å². The molecule has 0 aliphatic carbocycles. The van der Waals surface area contributed by atoms with Crippen LogP contribution in [-0.4, -0.2) is 9.97 Å². The summed E-state index contributed by atoms with van der Waals surface area (Å²) in [6.45, 7) is 0. The average Bonchev–Trinajstić information content (AvgIpc) is 2.62. The van der Waals surface area contributed by atoms with Gasteiger partial charge < -0.3 is 9.72 Å². The Balaban J connectivity index is 1.65. The van der Waals surface area contributed by atoms with Crippen molar-refractivity contribution in [2.24, 2.45) is 0 Å². The highest BCUT2D eigenvalue weighted by Crippen LogP contribution is 2.25. The van der Waals surface area contributed by atoms with Crippen LogP contribution in [0, 0.1) is 5.82 Å². The van der Waals surface area contributed by atoms with E-state index >= 15 is 0 Å². The van der Waals surface area contributed by atoms with Crippen LogP contribution in [0.2, 0.25) is 0 Å². The molecule has 1 heterocycles. The van der Waals surface area contributed by atoms with Crippen molar-refractivity contribution in [3.63, 3.8) is 0 Å². The van der Waals surface area contributed by atoms with Gasteiger partial charge in [0.05, 0.1) is 10.9 Å². The molecule has 0 aliphatic heterocycles. The van der Waals surface area contributed by atoms with Crippen LogP contribution in [0.5, 0.6) is 11.5 Å². The molecule has 0 bridgehead atoms. The number of ether oxygens (including phenoxy) is 1. The second-order valence-electron chi connectivity index (χ2n) is 5.52. The van der Waals surface area contributed by atoms with Gasteiger partial charge in [0.15, 0.2) is 0 Å². The number of rotatable bonds is 3. The van der Waals surface area contributed by atoms with Crippen LogP contribution >= 0.6 is 0 Å². The first-order valence-corrected chi connectivity index (χ1v) is 7.72. The van der Waals surface area contributed by atoms with E-state index in [1.807, 2.05) is 6.07 Å². The molecule has 0 aliphatic rings. The molecule has 0 saturated heterocycles. The molecule has 0 atom stereocenters. The van der Waals surface area contributed by atoms with E-state index in [0.29, 0.717) is 28.2 Å². The van der Waals surface area contributed by atoms with E-state index in [0.717, 1.165) is 5.56 Å². The highest BCUT2D eigenvalue weighted by Gasteiger charge is 2.06. The topological polar surface area (TPSA) is 55.0 Å². The molecule has 4 nitrogen and oxygen atoms in total. The first-order chi connectivity index (χ1) is 12.2. The first-order valence-electron chi connectivity index (χ1n) is 7.72. The van der Waals surface area contributed by atoms with Crippen LogP contribution in [-0.2, 0) is 0 Å². The summed E-state index contributed by atoms with van der Waals surface area (Å²) in [6, 6.07) is 20.2. The molecule has 5 heteroatoms. The lowest BCUT2D eigenvalue weighted by Gasteiger charge is -2.07. The van der Waals surface area contributed by atoms with Crippen LogP contribution in [0.4, 0.5) is 4.39 Å². The molecule has 4 aromatic rings. The van der Waals surface area contributed by atoms with Gasteiger partial charge in [0, 0.05) is 11.6 Å². The average molecular weight is 332 g/mol. The molecule has 0 spiro atoms. The number of nitrogens with one attached hydrogen (secondary N) is 1. The maximum absolute atomic E-state index is 13.2. The molecule has 0 amide bonds. The normalized spacial score (nSPS) is 10.8. The predicted molar refractivity (Wildman–Crippen MR) is 94.3 cm³/mol. The molecule has 1 N–H and O–H groups in total. The van der Waals surface area contributed by atoms with Crippen molar-refractivity contribution in [1.29, 1.82) is 0 Å². The van der Waals surface area contributed by atoms with E-state index < -0.39 is 0 Å². The van der Waals surface area contributed by atoms with E-state index in [9.17, 15) is 9.18 Å². The van der Waals surface area contributed by atoms with Gasteiger partial charge in [-0.05, 0) is 48.5 Å². The second kappa shape index (κ2) is 6.20. The van der Waals surface area contributed by atoms with E-state index in [2.05, 4.69) is 9.97 Å². The molecule has 0 unspecified atom stereocenters. The molecular formula is C20H13FN2O2. The van der Waals surface area contributed by atoms with E-state index in [1.54, 1.807) is 54.6 Å². The van der Waals surface area contributed by atoms with Crippen molar-refractivity contribution in [3.05, 3.63) is 89.0 Å². The summed E-state index contributed by atoms with van der Waals surface area (Å²) in [4.78, 5) is 19.4. The van der Waals surface area contributed by atoms with Crippen molar-refractivity contribution < 1.29 is 9.13 Å². The molecule has 1 aromatic heterocycles. The summed E-state index contributed by atoms with van der Waals surface area (Å²) in [5, 5.41) is 0.553. The summed E-state index contributed by atoms with van der Waals surface area (Å²) < 4.78 is 18.8. The molecule has 25 heavy (non-hydrogen) atoms. The Morgan fingerprint density at radius 3 is 2.48 bits per heavy atom. The molecule has 3 aromatic carbocycles. The van der Waals surface area contributed by atoms with Gasteiger partial charge in [-0.1, -0.05) is 18.2 Å². The number of hydrogen-bond acceptors (Lipinski definition) is 3. The Bertz CT molecular complexity index is 1100. The first kappa shape index (κ1) is 15.1. The maximum Gasteiger partial charge on any atom is 0.259 e. The third-order valence-electron chi connectivity index (χ3n) is 3.77. The van der Waals surface area contributed by atoms with Gasteiger partial charge in [-0.3, -0.25) is 4.79 Å². The van der Waals surface area contributed by atoms with Crippen LogP contribution in [0.1, 0.15) is 0 Å². The van der Waals surface area contributed by atoms with Gasteiger partial charge in [0.2, 0.25) is 0 Å². The van der Waals surface area contributed by atoms with Crippen molar-refractivity contribution >= 4 is 10.9 Å². The molecule has 0 radical (unpaired) electrons. The number of benzene rings is 3. The summed E-state index contributed by atoms with van der Waals surface area (Å²) in [5.74, 6) is 1.12. The molecule has 0 saturated carbocycles. The lowest BCUT2D eigenvalue weighted by molar-refractivity contribution is 0.477. The van der Waals surface area contributed by atoms with Gasteiger partial charge in [-0.25, -0.2) is 9.37 Å². The Hall–Kier alpha value is -3.47. The standard InChI is InChI=1S/C20H13FN2O2/c21-14-4-3-5-16(12-14)25-15-10-8-13(9-11-15)19-22-18-7-2-1-6-17(18)20(24)23-19/h1-12H,(H,22,23,24). The van der Waals surface area contributed by atoms with Crippen LogP contribution < -0.4 is 10.3 Å². The minimum absolute atomic E-state index is 0.180. The zero-order valence-corrected chi connectivity index (χ0v) is 13.1. The van der Waals surface area contributed by atoms with Gasteiger partial charge >= 0.3 is 0 Å². The van der Waals surface area contributed by atoms with E-state index in [4.69, 9.17) is 4.74 Å². The van der Waals surface area contributed by atoms with Crippen molar-refractivity contribution in [2.75, 3.05) is 0 Å². The Labute approximate surface area is 142 Å². The minimum atomic E-state index is -0.355. The van der Waals surface area contributed by atoms with Gasteiger partial charge in [-0.2, -0.15) is 0 Å². The number of hydrogen-bond donors (Lipinski definition) is 1. The summed E-state index contributed by atoms with van der Waals surface area (Å²) in [6.07, 6.45) is 0. The third-order valence-corrected chi connectivity index (χ3v) is 3.77. The summed E-state index contributed by atoms with van der Waals surface area (Å²) in [5.41, 5.74) is 1.22. The van der Waals surface area contributed by atoms with Gasteiger partial charge in [-0.15, -0.1) is 0 Å². The van der Waals surface area contributed by atoms with E-state index in [1.165, 1.54) is 12.1 Å². The lowest BCUT2D eigenvalue weighted by Crippen LogP contribution is -2.09. The quantitative estimate of drug-likeness (QED) is 0.600. The second-order valence-corrected chi connectivity index (χ2v) is 5.52. The lowest BCUT2D eigenvalue weighted by atomic mass is 10.2. The number of aromatic nitrogens is 2. The monoisotopic (exact) mass is 332 g/mol. The summed E-state index contributed by atoms with van der Waals surface area (Å²) >= 11 is 0. The van der Waals surface area contributed by atoms with Gasteiger partial charge in [0.1, 0.15) is 23.1 Å². The zero-order valence-electron chi connectivity index (χ0n) is 13.1. The van der Waals surface area contributed by atoms with Crippen LogP contribution in [0.3, 0.4) is 0 Å². The minimum Gasteiger partial charge on any atom is -0.457 e. The number of para-hydroxylation sites is 1. The van der Waals surface area contributed by atoms with Crippen molar-refractivity contribution in [1.82, 2.24) is 9.97 Å². The Kier molecular flexibility index (Phi) is 3.74. The number of fused-ring (bicyclic) bond motifs is 1. The number of aromatic amines is 1. The largest absolute Gasteiger partial charge is 0.457 e. The molecule has 122 valence electrons. The molecule has 0 fully saturated rings. The zero-order chi connectivity index (χ0) is 17.2. The van der Waals surface area contributed by atoms with Crippen LogP contribution in [0.15, 0.2) is 77.6 Å². The van der Waals surface area contributed by atoms with Crippen molar-refractivity contribution in [3.8, 4) is 22.9 Å². The fourth-order valence-electron chi connectivity index (χ4n) is 2.57. The fraction of sp³-hybridized carbons (Fsp3) is 0. The third kappa shape index (κ3) is 3.12. The fourth-order valence-corrected chi connectivity index (χ4v) is 2.57. The predicted octanol–water partition coefficient (Wildman–Crippen LogP) is 4.52. The smallest absolute Gasteiger partial charge is 0.259 e. The maximum atomic E-state index is 13.2. The molecular weight excluding hydrogens is 319 g/mol. The Morgan fingerprint density at radius 2 is 1.68 bits per heavy atom. The SMILES string of the molecule is O=c1[nH]c(-c2ccc(Oc3cccc(F)c3)cc2)nc2ccccc12. The van der Waals surface area contributed by atoms with Crippen LogP contribution in [0.25, 0.3) is 22.3 Å². The number of halogens is 1. The summed E-state index contributed by atoms with van der Waals surface area (Å²) in [7, 11) is 0. The highest BCUT2D eigenvalue weighted by molar-refractivity contribution is 5.79. The van der Waals surface area contributed by atoms with Gasteiger partial charge in [0.25, 0.3) is 5.56 Å². The number of H-pyrrole nitrogens is 1.